The summed E-state index contributed by atoms with van der Waals surface area (Å²) in [5.41, 5.74) is 7.35. The van der Waals surface area contributed by atoms with Gasteiger partial charge in [-0.2, -0.15) is 18.2 Å². The van der Waals surface area contributed by atoms with Gasteiger partial charge in [-0.1, -0.05) is 0 Å². The second-order valence-electron chi connectivity index (χ2n) is 2.23. The van der Waals surface area contributed by atoms with Gasteiger partial charge in [0.25, 0.3) is 10.1 Å². The molecular formula is C6H17N2NaO4S. The van der Waals surface area contributed by atoms with Gasteiger partial charge in [-0.05, 0) is 6.92 Å². The van der Waals surface area contributed by atoms with E-state index in [0.717, 1.165) is 0 Å². The first-order valence-electron chi connectivity index (χ1n) is 4.04. The monoisotopic (exact) mass is 236 g/mol. The van der Waals surface area contributed by atoms with Crippen molar-refractivity contribution in [1.29, 1.82) is 0 Å². The first-order valence-corrected chi connectivity index (χ1v) is 5.62. The van der Waals surface area contributed by atoms with Crippen LogP contribution in [0.4, 0.5) is 0 Å². The van der Waals surface area contributed by atoms with Gasteiger partial charge in [0.15, 0.2) is 0 Å². The Labute approximate surface area is 108 Å². The third-order valence-electron chi connectivity index (χ3n) is 1.11. The van der Waals surface area contributed by atoms with E-state index in [2.05, 4.69) is 9.76 Å². The summed E-state index contributed by atoms with van der Waals surface area (Å²) in [4.78, 5) is 0. The van der Waals surface area contributed by atoms with Crippen molar-refractivity contribution in [2.45, 2.75) is 6.92 Å². The minimum absolute atomic E-state index is 0. The van der Waals surface area contributed by atoms with E-state index in [0.29, 0.717) is 19.7 Å². The van der Waals surface area contributed by atoms with Gasteiger partial charge in [0.2, 0.25) is 0 Å². The average molecular weight is 236 g/mol. The number of hydrogen-bond acceptors (Lipinski definition) is 6. The Bertz CT molecular complexity index is 199. The number of hydroxylamine groups is 1. The molecule has 0 bridgehead atoms. The summed E-state index contributed by atoms with van der Waals surface area (Å²) in [7, 11) is -3.52. The zero-order valence-electron chi connectivity index (χ0n) is 9.65. The molecular weight excluding hydrogens is 219 g/mol. The molecule has 0 atom stereocenters. The molecule has 8 heteroatoms. The Morgan fingerprint density at radius 2 is 2.14 bits per heavy atom. The number of ether oxygens (including phenoxy) is 1. The van der Waals surface area contributed by atoms with Gasteiger partial charge < -0.3 is 11.9 Å². The van der Waals surface area contributed by atoms with Crippen molar-refractivity contribution in [3.8, 4) is 0 Å². The van der Waals surface area contributed by atoms with E-state index in [4.69, 9.17) is 10.5 Å². The number of nitrogens with one attached hydrogen (secondary N) is 1. The molecule has 6 nitrogen and oxygen atoms in total. The quantitative estimate of drug-likeness (QED) is 0.253. The van der Waals surface area contributed by atoms with Gasteiger partial charge in [-0.25, -0.2) is 0 Å². The van der Waals surface area contributed by atoms with E-state index < -0.39 is 10.1 Å². The molecule has 0 saturated carbocycles. The van der Waals surface area contributed by atoms with Crippen LogP contribution in [0.3, 0.4) is 0 Å². The van der Waals surface area contributed by atoms with Crippen LogP contribution in [0.1, 0.15) is 8.35 Å². The van der Waals surface area contributed by atoms with Crippen LogP contribution in [0.5, 0.6) is 0 Å². The molecule has 0 aliphatic carbocycles. The molecule has 0 amide bonds. The summed E-state index contributed by atoms with van der Waals surface area (Å²) < 4.78 is 31.2. The van der Waals surface area contributed by atoms with E-state index in [1.165, 1.54) is 0 Å². The van der Waals surface area contributed by atoms with Crippen molar-refractivity contribution in [1.82, 2.24) is 5.48 Å². The second-order valence-corrected chi connectivity index (χ2v) is 3.92. The van der Waals surface area contributed by atoms with Gasteiger partial charge in [-0.15, -0.1) is 0 Å². The van der Waals surface area contributed by atoms with Crippen LogP contribution < -0.4 is 40.8 Å². The van der Waals surface area contributed by atoms with E-state index in [1.807, 2.05) is 0 Å². The molecule has 0 fully saturated rings. The zero-order chi connectivity index (χ0) is 10.2. The summed E-state index contributed by atoms with van der Waals surface area (Å²) in [6, 6.07) is 0. The molecule has 0 spiro atoms. The first kappa shape index (κ1) is 17.2. The Kier molecular flexibility index (Phi) is 12.7. The van der Waals surface area contributed by atoms with Crippen molar-refractivity contribution in [2.75, 3.05) is 32.1 Å². The van der Waals surface area contributed by atoms with Gasteiger partial charge in [-0.3, -0.25) is 0 Å². The van der Waals surface area contributed by atoms with Gasteiger partial charge in [0.05, 0.1) is 6.61 Å². The van der Waals surface area contributed by atoms with Crippen LogP contribution in [-0.2, 0) is 19.1 Å². The van der Waals surface area contributed by atoms with Crippen LogP contribution in [0.2, 0.25) is 0 Å². The maximum absolute atomic E-state index is 11.0. The van der Waals surface area contributed by atoms with Crippen LogP contribution in [0.15, 0.2) is 0 Å². The third-order valence-corrected chi connectivity index (χ3v) is 2.15. The van der Waals surface area contributed by atoms with Crippen LogP contribution >= 0.6 is 0 Å². The molecule has 0 rings (SSSR count). The number of nitrogens with two attached hydrogens (primary N) is 1. The summed E-state index contributed by atoms with van der Waals surface area (Å²) in [6.07, 6.45) is 0. The Hall–Kier alpha value is 0.790. The summed E-state index contributed by atoms with van der Waals surface area (Å²) in [5.74, 6) is -0.154. The number of rotatable bonds is 8. The summed E-state index contributed by atoms with van der Waals surface area (Å²) in [5, 5.41) is 0. The maximum Gasteiger partial charge on any atom is 1.00 e. The Morgan fingerprint density at radius 3 is 2.64 bits per heavy atom. The predicted molar refractivity (Wildman–Crippen MR) is 49.5 cm³/mol. The van der Waals surface area contributed by atoms with E-state index in [-0.39, 0.29) is 43.3 Å². The van der Waals surface area contributed by atoms with Gasteiger partial charge in [0, 0.05) is 19.7 Å². The third kappa shape index (κ3) is 10.9. The van der Waals surface area contributed by atoms with E-state index in [1.54, 1.807) is 6.92 Å². The zero-order valence-corrected chi connectivity index (χ0v) is 11.5. The van der Waals surface area contributed by atoms with E-state index >= 15 is 0 Å². The summed E-state index contributed by atoms with van der Waals surface area (Å²) >= 11 is 0. The predicted octanol–water partition coefficient (Wildman–Crippen LogP) is -4.05. The van der Waals surface area contributed by atoms with Crippen molar-refractivity contribution in [2.24, 2.45) is 5.73 Å². The first-order chi connectivity index (χ1) is 6.12. The molecule has 0 saturated heterocycles. The molecule has 0 aromatic rings. The molecule has 0 aliphatic rings. The Morgan fingerprint density at radius 1 is 1.50 bits per heavy atom. The normalized spacial score (nSPS) is 11.0. The maximum atomic E-state index is 11.0. The fourth-order valence-corrected chi connectivity index (χ4v) is 1.21. The van der Waals surface area contributed by atoms with Crippen molar-refractivity contribution in [3.63, 3.8) is 0 Å². The molecule has 0 radical (unpaired) electrons. The summed E-state index contributed by atoms with van der Waals surface area (Å²) in [6.45, 7) is 3.05. The minimum atomic E-state index is -3.52. The molecule has 14 heavy (non-hydrogen) atoms. The Balaban J connectivity index is -0.000000720. The average Bonchev–Trinajstić information content (AvgIpc) is 2.05. The number of hydrogen-bond donors (Lipinski definition) is 2. The standard InChI is InChI=1S/C6H16N2O4S.Na.H/c1-2-11-5-6-13(9,10)12-8-4-3-7;;/h8H,2-7H2,1H3;;/q;+1;-1. The molecule has 82 valence electrons. The van der Waals surface area contributed by atoms with Crippen molar-refractivity contribution < 1.29 is 48.4 Å². The fourth-order valence-electron chi connectivity index (χ4n) is 0.537. The fraction of sp³-hybridized carbons (Fsp3) is 1.00. The molecule has 0 heterocycles. The van der Waals surface area contributed by atoms with Crippen LogP contribution in [0.25, 0.3) is 0 Å². The molecule has 0 aliphatic heterocycles. The molecule has 0 aromatic carbocycles. The second kappa shape index (κ2) is 10.3. The minimum Gasteiger partial charge on any atom is -1.00 e. The molecule has 3 N–H and O–H groups in total. The topological polar surface area (TPSA) is 90.7 Å². The van der Waals surface area contributed by atoms with Gasteiger partial charge in [0.1, 0.15) is 5.75 Å². The van der Waals surface area contributed by atoms with Crippen molar-refractivity contribution in [3.05, 3.63) is 0 Å². The van der Waals surface area contributed by atoms with Gasteiger partial charge >= 0.3 is 29.6 Å². The molecule has 0 unspecified atom stereocenters. The molecule has 0 aromatic heterocycles. The SMILES string of the molecule is CCOCCS(=O)(=O)ONCCN.[H-].[Na+]. The smallest absolute Gasteiger partial charge is 1.00 e. The van der Waals surface area contributed by atoms with Crippen LogP contribution in [-0.4, -0.2) is 40.5 Å². The van der Waals surface area contributed by atoms with E-state index in [9.17, 15) is 8.42 Å². The van der Waals surface area contributed by atoms with Crippen molar-refractivity contribution >= 4 is 10.1 Å². The van der Waals surface area contributed by atoms with Crippen LogP contribution in [0, 0.1) is 0 Å². The largest absolute Gasteiger partial charge is 1.00 e.